The maximum atomic E-state index is 13.2. The molecule has 1 aromatic carbocycles. The van der Waals surface area contributed by atoms with E-state index in [1.165, 1.54) is 43.0 Å². The van der Waals surface area contributed by atoms with Gasteiger partial charge in [0.05, 0.1) is 30.7 Å². The summed E-state index contributed by atoms with van der Waals surface area (Å²) in [5.41, 5.74) is -0.313. The average Bonchev–Trinajstić information content (AvgIpc) is 3.25. The van der Waals surface area contributed by atoms with Crippen LogP contribution in [0.3, 0.4) is 0 Å². The summed E-state index contributed by atoms with van der Waals surface area (Å²) in [5.74, 6) is 1.78. The Balaban J connectivity index is 1.50. The molecule has 5 nitrogen and oxygen atoms in total. The second-order valence-corrected chi connectivity index (χ2v) is 9.85. The maximum absolute atomic E-state index is 13.2. The Morgan fingerprint density at radius 3 is 2.61 bits per heavy atom. The largest absolute Gasteiger partial charge is 0.416 e. The minimum absolute atomic E-state index is 0.368. The van der Waals surface area contributed by atoms with Gasteiger partial charge in [0.1, 0.15) is 16.5 Å². The quantitative estimate of drug-likeness (QED) is 0.466. The van der Waals surface area contributed by atoms with Gasteiger partial charge in [-0.25, -0.2) is 9.97 Å². The van der Waals surface area contributed by atoms with Gasteiger partial charge in [-0.3, -0.25) is 4.90 Å². The molecule has 0 spiro atoms. The van der Waals surface area contributed by atoms with Gasteiger partial charge < -0.3 is 10.1 Å². The van der Waals surface area contributed by atoms with Crippen LogP contribution < -0.4 is 5.32 Å². The highest BCUT2D eigenvalue weighted by molar-refractivity contribution is 7.18. The molecule has 3 aromatic rings. The van der Waals surface area contributed by atoms with E-state index in [0.29, 0.717) is 43.0 Å². The van der Waals surface area contributed by atoms with Gasteiger partial charge in [-0.2, -0.15) is 13.2 Å². The fraction of sp³-hybridized carbons (Fsp3) is 0.500. The summed E-state index contributed by atoms with van der Waals surface area (Å²) in [6.07, 6.45) is 1.73. The minimum Gasteiger partial charge on any atom is -0.379 e. The van der Waals surface area contributed by atoms with Crippen LogP contribution in [0.25, 0.3) is 10.2 Å². The molecule has 5 rings (SSSR count). The highest BCUT2D eigenvalue weighted by Crippen LogP contribution is 2.40. The number of alkyl halides is 3. The summed E-state index contributed by atoms with van der Waals surface area (Å²) < 4.78 is 45.1. The normalized spacial score (nSPS) is 18.6. The van der Waals surface area contributed by atoms with Crippen LogP contribution in [0.4, 0.5) is 24.7 Å². The van der Waals surface area contributed by atoms with E-state index in [-0.39, 0.29) is 0 Å². The fourth-order valence-electron chi connectivity index (χ4n) is 4.61. The van der Waals surface area contributed by atoms with E-state index < -0.39 is 11.7 Å². The van der Waals surface area contributed by atoms with Crippen LogP contribution in [0.5, 0.6) is 0 Å². The van der Waals surface area contributed by atoms with E-state index in [9.17, 15) is 13.2 Å². The van der Waals surface area contributed by atoms with E-state index >= 15 is 0 Å². The lowest BCUT2D eigenvalue weighted by molar-refractivity contribution is -0.137. The molecule has 2 aliphatic rings. The Labute approximate surface area is 195 Å². The molecule has 176 valence electrons. The molecule has 0 bridgehead atoms. The minimum atomic E-state index is -4.39. The number of anilines is 2. The number of fused-ring (bicyclic) bond motifs is 1. The molecule has 3 heterocycles. The van der Waals surface area contributed by atoms with Gasteiger partial charge in [0.15, 0.2) is 0 Å². The zero-order valence-corrected chi connectivity index (χ0v) is 19.1. The van der Waals surface area contributed by atoms with Crippen LogP contribution in [0.2, 0.25) is 0 Å². The van der Waals surface area contributed by atoms with Gasteiger partial charge in [0.2, 0.25) is 0 Å². The number of thiophene rings is 1. The lowest BCUT2D eigenvalue weighted by Gasteiger charge is -2.25. The van der Waals surface area contributed by atoms with Gasteiger partial charge in [0.25, 0.3) is 0 Å². The van der Waals surface area contributed by atoms with Gasteiger partial charge in [-0.05, 0) is 43.0 Å². The molecule has 1 N–H and O–H groups in total. The fourth-order valence-corrected chi connectivity index (χ4v) is 5.83. The monoisotopic (exact) mass is 476 g/mol. The number of hydrogen-bond acceptors (Lipinski definition) is 6. The van der Waals surface area contributed by atoms with Crippen molar-refractivity contribution in [2.75, 3.05) is 31.6 Å². The zero-order chi connectivity index (χ0) is 22.8. The molecule has 0 unspecified atom stereocenters. The Bertz CT molecular complexity index is 1100. The lowest BCUT2D eigenvalue weighted by atomic mass is 9.88. The van der Waals surface area contributed by atoms with Crippen molar-refractivity contribution >= 4 is 33.1 Å². The molecule has 1 saturated carbocycles. The van der Waals surface area contributed by atoms with Gasteiger partial charge >= 0.3 is 6.18 Å². The molecular formula is C24H27F3N4OS. The van der Waals surface area contributed by atoms with Crippen molar-refractivity contribution in [3.63, 3.8) is 0 Å². The molecule has 2 fully saturated rings. The molecule has 0 radical (unpaired) electrons. The zero-order valence-electron chi connectivity index (χ0n) is 18.3. The Morgan fingerprint density at radius 2 is 1.85 bits per heavy atom. The smallest absolute Gasteiger partial charge is 0.379 e. The van der Waals surface area contributed by atoms with Crippen molar-refractivity contribution in [2.24, 2.45) is 0 Å². The Hall–Kier alpha value is -2.23. The molecule has 0 amide bonds. The molecule has 9 heteroatoms. The standard InChI is InChI=1S/C24H27F3N4OS/c25-24(26,27)17-7-4-8-18(13-17)28-22-19-14-20(16-5-2-1-3-6-16)33-23(19)30-21(29-22)15-31-9-11-32-12-10-31/h4,7-8,13-14,16H,1-3,5-6,9-12,15H2,(H,28,29,30). The average molecular weight is 477 g/mol. The van der Waals surface area contributed by atoms with Gasteiger partial charge in [-0.15, -0.1) is 11.3 Å². The van der Waals surface area contributed by atoms with Gasteiger partial charge in [0, 0.05) is 23.7 Å². The van der Waals surface area contributed by atoms with E-state index in [0.717, 1.165) is 35.4 Å². The van der Waals surface area contributed by atoms with Crippen molar-refractivity contribution in [3.05, 3.63) is 46.6 Å². The van der Waals surface area contributed by atoms with Crippen molar-refractivity contribution in [3.8, 4) is 0 Å². The second kappa shape index (κ2) is 9.56. The third kappa shape index (κ3) is 5.31. The van der Waals surface area contributed by atoms with E-state index in [2.05, 4.69) is 16.3 Å². The number of morpholine rings is 1. The van der Waals surface area contributed by atoms with Crippen LogP contribution in [-0.4, -0.2) is 41.2 Å². The number of rotatable bonds is 5. The molecule has 1 saturated heterocycles. The summed E-state index contributed by atoms with van der Waals surface area (Å²) >= 11 is 1.70. The van der Waals surface area contributed by atoms with Crippen molar-refractivity contribution in [1.82, 2.24) is 14.9 Å². The SMILES string of the molecule is FC(F)(F)c1cccc(Nc2nc(CN3CCOCC3)nc3sc(C4CCCCC4)cc23)c1. The first kappa shape index (κ1) is 22.6. The summed E-state index contributed by atoms with van der Waals surface area (Å²) in [6, 6.07) is 7.41. The third-order valence-electron chi connectivity index (χ3n) is 6.39. The predicted octanol–water partition coefficient (Wildman–Crippen LogP) is 6.33. The summed E-state index contributed by atoms with van der Waals surface area (Å²) in [6.45, 7) is 3.59. The molecule has 1 aliphatic heterocycles. The molecule has 33 heavy (non-hydrogen) atoms. The van der Waals surface area contributed by atoms with E-state index in [1.807, 2.05) is 0 Å². The molecular weight excluding hydrogens is 449 g/mol. The number of nitrogens with zero attached hydrogens (tertiary/aromatic N) is 3. The first-order valence-electron chi connectivity index (χ1n) is 11.5. The highest BCUT2D eigenvalue weighted by atomic mass is 32.1. The topological polar surface area (TPSA) is 50.3 Å². The maximum Gasteiger partial charge on any atom is 0.416 e. The predicted molar refractivity (Wildman–Crippen MR) is 124 cm³/mol. The second-order valence-electron chi connectivity index (χ2n) is 8.78. The summed E-state index contributed by atoms with van der Waals surface area (Å²) in [5, 5.41) is 4.04. The molecule has 2 aromatic heterocycles. The Morgan fingerprint density at radius 1 is 1.06 bits per heavy atom. The van der Waals surface area contributed by atoms with Crippen LogP contribution in [0, 0.1) is 0 Å². The van der Waals surface area contributed by atoms with E-state index in [4.69, 9.17) is 14.7 Å². The summed E-state index contributed by atoms with van der Waals surface area (Å²) in [4.78, 5) is 14.0. The number of aromatic nitrogens is 2. The third-order valence-corrected chi connectivity index (χ3v) is 7.58. The van der Waals surface area contributed by atoms with Crippen molar-refractivity contribution in [2.45, 2.75) is 50.7 Å². The lowest BCUT2D eigenvalue weighted by Crippen LogP contribution is -2.36. The first-order chi connectivity index (χ1) is 16.0. The van der Waals surface area contributed by atoms with E-state index in [1.54, 1.807) is 17.4 Å². The van der Waals surface area contributed by atoms with Crippen molar-refractivity contribution < 1.29 is 17.9 Å². The highest BCUT2D eigenvalue weighted by Gasteiger charge is 2.30. The van der Waals surface area contributed by atoms with Gasteiger partial charge in [-0.1, -0.05) is 25.3 Å². The van der Waals surface area contributed by atoms with Crippen LogP contribution in [-0.2, 0) is 17.5 Å². The van der Waals surface area contributed by atoms with Crippen LogP contribution >= 0.6 is 11.3 Å². The number of nitrogens with one attached hydrogen (secondary N) is 1. The number of benzene rings is 1. The van der Waals surface area contributed by atoms with Crippen LogP contribution in [0.15, 0.2) is 30.3 Å². The van der Waals surface area contributed by atoms with Crippen molar-refractivity contribution in [1.29, 1.82) is 0 Å². The molecule has 1 aliphatic carbocycles. The first-order valence-corrected chi connectivity index (χ1v) is 12.3. The number of hydrogen-bond donors (Lipinski definition) is 1. The summed E-state index contributed by atoms with van der Waals surface area (Å²) in [7, 11) is 0. The van der Waals surface area contributed by atoms with Crippen LogP contribution in [0.1, 0.15) is 54.3 Å². The Kier molecular flexibility index (Phi) is 6.53. The molecule has 0 atom stereocenters. The number of halogens is 3. The number of ether oxygens (including phenoxy) is 1.